The standard InChI is InChI=1S/C12H18N2OS.C2H6/c1-9-8-11(6-7-16-13-3)4-5-12(9)14-10(2)15;1-2/h4-5,8,13H,6-7H2,1-3H3,(H,14,15);1-2H3. The Morgan fingerprint density at radius 2 is 2.00 bits per heavy atom. The molecule has 1 amide bonds. The zero-order chi connectivity index (χ0) is 14.0. The zero-order valence-corrected chi connectivity index (χ0v) is 12.8. The third-order valence-electron chi connectivity index (χ3n) is 2.24. The van der Waals surface area contributed by atoms with Crippen LogP contribution < -0.4 is 10.0 Å². The maximum absolute atomic E-state index is 10.9. The summed E-state index contributed by atoms with van der Waals surface area (Å²) in [5.41, 5.74) is 3.31. The Balaban J connectivity index is 0.00000137. The van der Waals surface area contributed by atoms with Crippen molar-refractivity contribution in [2.75, 3.05) is 18.1 Å². The number of hydrogen-bond acceptors (Lipinski definition) is 3. The molecule has 0 saturated heterocycles. The minimum absolute atomic E-state index is 0.0263. The van der Waals surface area contributed by atoms with E-state index >= 15 is 0 Å². The van der Waals surface area contributed by atoms with Gasteiger partial charge in [-0.1, -0.05) is 37.9 Å². The lowest BCUT2D eigenvalue weighted by Gasteiger charge is -2.08. The molecule has 0 aliphatic carbocycles. The average Bonchev–Trinajstić information content (AvgIpc) is 2.35. The van der Waals surface area contributed by atoms with Gasteiger partial charge in [-0.05, 0) is 37.6 Å². The molecule has 0 aromatic heterocycles. The molecular weight excluding hydrogens is 244 g/mol. The molecule has 0 aliphatic heterocycles. The number of benzene rings is 1. The third-order valence-corrected chi connectivity index (χ3v) is 2.94. The fourth-order valence-corrected chi connectivity index (χ4v) is 2.02. The molecule has 0 heterocycles. The summed E-state index contributed by atoms with van der Waals surface area (Å²) in [4.78, 5) is 10.9. The first-order chi connectivity index (χ1) is 8.63. The van der Waals surface area contributed by atoms with E-state index < -0.39 is 0 Å². The van der Waals surface area contributed by atoms with Crippen molar-refractivity contribution >= 4 is 23.5 Å². The van der Waals surface area contributed by atoms with E-state index in [4.69, 9.17) is 0 Å². The largest absolute Gasteiger partial charge is 0.326 e. The lowest BCUT2D eigenvalue weighted by molar-refractivity contribution is -0.114. The van der Waals surface area contributed by atoms with Crippen LogP contribution in [-0.2, 0) is 11.2 Å². The number of carbonyl (C=O) groups is 1. The molecule has 2 N–H and O–H groups in total. The first-order valence-electron chi connectivity index (χ1n) is 6.29. The van der Waals surface area contributed by atoms with Gasteiger partial charge in [-0.25, -0.2) is 0 Å². The topological polar surface area (TPSA) is 41.1 Å². The smallest absolute Gasteiger partial charge is 0.221 e. The van der Waals surface area contributed by atoms with E-state index in [1.54, 1.807) is 11.9 Å². The van der Waals surface area contributed by atoms with Crippen molar-refractivity contribution in [3.05, 3.63) is 29.3 Å². The maximum Gasteiger partial charge on any atom is 0.221 e. The van der Waals surface area contributed by atoms with Gasteiger partial charge in [-0.3, -0.25) is 9.52 Å². The van der Waals surface area contributed by atoms with Crippen molar-refractivity contribution in [1.82, 2.24) is 4.72 Å². The highest BCUT2D eigenvalue weighted by atomic mass is 32.2. The van der Waals surface area contributed by atoms with Crippen LogP contribution in [0.2, 0.25) is 0 Å². The molecule has 0 radical (unpaired) electrons. The molecule has 4 heteroatoms. The van der Waals surface area contributed by atoms with Crippen molar-refractivity contribution in [3.8, 4) is 0 Å². The second-order valence-corrected chi connectivity index (χ2v) is 4.74. The summed E-state index contributed by atoms with van der Waals surface area (Å²) in [5.74, 6) is 1.02. The SMILES string of the molecule is CC.CNSCCc1ccc(NC(C)=O)c(C)c1. The van der Waals surface area contributed by atoms with Crippen molar-refractivity contribution in [2.24, 2.45) is 0 Å². The predicted octanol–water partition coefficient (Wildman–Crippen LogP) is 3.39. The molecule has 1 aromatic rings. The van der Waals surface area contributed by atoms with E-state index in [-0.39, 0.29) is 5.91 Å². The van der Waals surface area contributed by atoms with Gasteiger partial charge in [0.2, 0.25) is 5.91 Å². The minimum Gasteiger partial charge on any atom is -0.326 e. The molecule has 0 unspecified atom stereocenters. The van der Waals surface area contributed by atoms with Crippen molar-refractivity contribution in [3.63, 3.8) is 0 Å². The number of carbonyl (C=O) groups excluding carboxylic acids is 1. The van der Waals surface area contributed by atoms with Gasteiger partial charge in [0, 0.05) is 18.4 Å². The molecule has 1 rings (SSSR count). The third kappa shape index (κ3) is 6.67. The quantitative estimate of drug-likeness (QED) is 0.635. The first kappa shape index (κ1) is 17.0. The van der Waals surface area contributed by atoms with Gasteiger partial charge in [0.15, 0.2) is 0 Å². The minimum atomic E-state index is -0.0263. The summed E-state index contributed by atoms with van der Waals surface area (Å²) in [5, 5.41) is 2.81. The molecule has 18 heavy (non-hydrogen) atoms. The van der Waals surface area contributed by atoms with Crippen molar-refractivity contribution in [1.29, 1.82) is 0 Å². The van der Waals surface area contributed by atoms with Crippen LogP contribution in [-0.4, -0.2) is 18.7 Å². The fourth-order valence-electron chi connectivity index (χ4n) is 1.48. The average molecular weight is 268 g/mol. The van der Waals surface area contributed by atoms with Crippen LogP contribution in [0.4, 0.5) is 5.69 Å². The molecule has 0 spiro atoms. The number of amides is 1. The van der Waals surface area contributed by atoms with Crippen LogP contribution in [0.25, 0.3) is 0 Å². The highest BCUT2D eigenvalue weighted by molar-refractivity contribution is 7.97. The van der Waals surface area contributed by atoms with Crippen LogP contribution in [0.1, 0.15) is 31.9 Å². The Morgan fingerprint density at radius 1 is 1.33 bits per heavy atom. The molecule has 0 aliphatic rings. The number of aryl methyl sites for hydroxylation is 2. The second-order valence-electron chi connectivity index (χ2n) is 3.63. The van der Waals surface area contributed by atoms with Crippen LogP contribution in [0.3, 0.4) is 0 Å². The molecule has 3 nitrogen and oxygen atoms in total. The fraction of sp³-hybridized carbons (Fsp3) is 0.500. The zero-order valence-electron chi connectivity index (χ0n) is 12.0. The first-order valence-corrected chi connectivity index (χ1v) is 7.27. The van der Waals surface area contributed by atoms with Crippen LogP contribution >= 0.6 is 11.9 Å². The van der Waals surface area contributed by atoms with Gasteiger partial charge >= 0.3 is 0 Å². The summed E-state index contributed by atoms with van der Waals surface area (Å²) in [6.45, 7) is 7.54. The molecule has 0 saturated carbocycles. The number of nitrogens with one attached hydrogen (secondary N) is 2. The normalized spacial score (nSPS) is 9.39. The lowest BCUT2D eigenvalue weighted by Crippen LogP contribution is -2.07. The van der Waals surface area contributed by atoms with Crippen LogP contribution in [0.5, 0.6) is 0 Å². The molecule has 0 bridgehead atoms. The monoisotopic (exact) mass is 268 g/mol. The van der Waals surface area contributed by atoms with Gasteiger partial charge in [-0.15, -0.1) is 0 Å². The molecule has 1 aromatic carbocycles. The van der Waals surface area contributed by atoms with Gasteiger partial charge in [-0.2, -0.15) is 0 Å². The Morgan fingerprint density at radius 3 is 2.50 bits per heavy atom. The van der Waals surface area contributed by atoms with Crippen LogP contribution in [0, 0.1) is 6.92 Å². The highest BCUT2D eigenvalue weighted by Crippen LogP contribution is 2.17. The maximum atomic E-state index is 10.9. The van der Waals surface area contributed by atoms with Crippen molar-refractivity contribution < 1.29 is 4.79 Å². The summed E-state index contributed by atoms with van der Waals surface area (Å²) in [6, 6.07) is 6.16. The van der Waals surface area contributed by atoms with E-state index in [0.29, 0.717) is 0 Å². The van der Waals surface area contributed by atoms with Crippen molar-refractivity contribution in [2.45, 2.75) is 34.1 Å². The Kier molecular flexibility index (Phi) is 9.42. The summed E-state index contributed by atoms with van der Waals surface area (Å²) in [7, 11) is 1.93. The summed E-state index contributed by atoms with van der Waals surface area (Å²) < 4.78 is 3.05. The molecule has 102 valence electrons. The van der Waals surface area contributed by atoms with E-state index in [9.17, 15) is 4.79 Å². The predicted molar refractivity (Wildman–Crippen MR) is 82.1 cm³/mol. The van der Waals surface area contributed by atoms with E-state index in [0.717, 1.165) is 23.4 Å². The Hall–Kier alpha value is -1.00. The summed E-state index contributed by atoms with van der Waals surface area (Å²) >= 11 is 1.70. The van der Waals surface area contributed by atoms with Crippen LogP contribution in [0.15, 0.2) is 18.2 Å². The summed E-state index contributed by atoms with van der Waals surface area (Å²) in [6.07, 6.45) is 1.03. The molecular formula is C14H24N2OS. The van der Waals surface area contributed by atoms with E-state index in [2.05, 4.69) is 22.2 Å². The molecule has 0 atom stereocenters. The Labute approximate surface area is 115 Å². The van der Waals surface area contributed by atoms with Gasteiger partial charge in [0.25, 0.3) is 0 Å². The number of rotatable bonds is 5. The Bertz CT molecular complexity index is 367. The second kappa shape index (κ2) is 9.97. The molecule has 0 fully saturated rings. The number of hydrogen-bond donors (Lipinski definition) is 2. The lowest BCUT2D eigenvalue weighted by atomic mass is 10.1. The van der Waals surface area contributed by atoms with E-state index in [1.807, 2.05) is 33.9 Å². The highest BCUT2D eigenvalue weighted by Gasteiger charge is 2.01. The van der Waals surface area contributed by atoms with Gasteiger partial charge in [0.1, 0.15) is 0 Å². The van der Waals surface area contributed by atoms with Gasteiger partial charge < -0.3 is 5.32 Å². The van der Waals surface area contributed by atoms with E-state index in [1.165, 1.54) is 12.5 Å². The number of anilines is 1. The van der Waals surface area contributed by atoms with Gasteiger partial charge in [0.05, 0.1) is 0 Å².